The van der Waals surface area contributed by atoms with E-state index in [4.69, 9.17) is 4.43 Å². The number of aromatic nitrogens is 1. The van der Waals surface area contributed by atoms with Crippen molar-refractivity contribution in [2.24, 2.45) is 0 Å². The lowest BCUT2D eigenvalue weighted by atomic mass is 10.0. The van der Waals surface area contributed by atoms with Gasteiger partial charge < -0.3 is 8.99 Å². The van der Waals surface area contributed by atoms with Crippen molar-refractivity contribution >= 4 is 19.9 Å². The molecule has 0 aliphatic rings. The van der Waals surface area contributed by atoms with Crippen molar-refractivity contribution in [1.82, 2.24) is 4.57 Å². The molecule has 1 heterocycles. The van der Waals surface area contributed by atoms with Crippen LogP contribution in [0.15, 0.2) is 29.1 Å². The van der Waals surface area contributed by atoms with Crippen molar-refractivity contribution in [2.75, 3.05) is 0 Å². The van der Waals surface area contributed by atoms with Gasteiger partial charge in [-0.2, -0.15) is 0 Å². The molecule has 0 saturated carbocycles. The summed E-state index contributed by atoms with van der Waals surface area (Å²) in [7, 11) is -1.31. The number of hydrogen-bond donors (Lipinski definition) is 0. The normalized spacial score (nSPS) is 11.3. The second-order valence-electron chi connectivity index (χ2n) is 5.64. The molecule has 0 saturated heterocycles. The highest BCUT2D eigenvalue weighted by molar-refractivity contribution is 6.49. The summed E-state index contributed by atoms with van der Waals surface area (Å²) in [6.45, 7) is 9.07. The van der Waals surface area contributed by atoms with Gasteiger partial charge in [-0.15, -0.1) is 0 Å². The van der Waals surface area contributed by atoms with E-state index in [2.05, 4.69) is 26.1 Å². The van der Waals surface area contributed by atoms with Crippen molar-refractivity contribution in [3.63, 3.8) is 0 Å². The second-order valence-corrected chi connectivity index (χ2v) is 7.98. The minimum atomic E-state index is -1.31. The van der Waals surface area contributed by atoms with Crippen molar-refractivity contribution < 1.29 is 4.43 Å². The molecule has 0 aliphatic heterocycles. The van der Waals surface area contributed by atoms with Gasteiger partial charge in [0.25, 0.3) is 5.56 Å². The zero-order valence-electron chi connectivity index (χ0n) is 13.5. The average Bonchev–Trinajstić information content (AvgIpc) is 2.47. The Labute approximate surface area is 128 Å². The number of fused-ring (bicyclic) bond motifs is 1. The summed E-state index contributed by atoms with van der Waals surface area (Å²) in [5, 5.41) is 1.16. The summed E-state index contributed by atoms with van der Waals surface area (Å²) in [4.78, 5) is 12.8. The number of aryl methyl sites for hydroxylation is 2. The monoisotopic (exact) mass is 303 g/mol. The highest BCUT2D eigenvalue weighted by atomic mass is 28.3. The van der Waals surface area contributed by atoms with Gasteiger partial charge >= 0.3 is 0 Å². The fraction of sp³-hybridized carbons (Fsp3) is 0.471. The summed E-state index contributed by atoms with van der Waals surface area (Å²) >= 11 is 0. The van der Waals surface area contributed by atoms with Crippen molar-refractivity contribution in [2.45, 2.75) is 52.7 Å². The maximum Gasteiger partial charge on any atom is 0.292 e. The molecule has 2 rings (SSSR count). The zero-order valence-corrected chi connectivity index (χ0v) is 14.6. The number of pyridine rings is 1. The van der Waals surface area contributed by atoms with E-state index < -0.39 is 9.04 Å². The summed E-state index contributed by atoms with van der Waals surface area (Å²) in [6.07, 6.45) is 3.10. The molecule has 1 aromatic heterocycles. The minimum Gasteiger partial charge on any atom is -0.543 e. The van der Waals surface area contributed by atoms with Crippen LogP contribution in [0, 0.1) is 0 Å². The molecule has 0 atom stereocenters. The molecule has 0 N–H and O–H groups in total. The molecule has 0 amide bonds. The lowest BCUT2D eigenvalue weighted by Crippen LogP contribution is -2.27. The van der Waals surface area contributed by atoms with E-state index in [1.54, 1.807) is 0 Å². The van der Waals surface area contributed by atoms with Crippen molar-refractivity contribution in [3.8, 4) is 5.75 Å². The first-order valence-electron chi connectivity index (χ1n) is 7.91. The van der Waals surface area contributed by atoms with Gasteiger partial charge in [0.05, 0.1) is 5.52 Å². The lowest BCUT2D eigenvalue weighted by Gasteiger charge is -2.19. The summed E-state index contributed by atoms with van der Waals surface area (Å²) in [5.41, 5.74) is 2.15. The van der Waals surface area contributed by atoms with Gasteiger partial charge in [-0.25, -0.2) is 0 Å². The predicted octanol–water partition coefficient (Wildman–Crippen LogP) is 3.73. The topological polar surface area (TPSA) is 31.2 Å². The number of nitrogens with zero attached hydrogens (tertiary/aromatic N) is 1. The molecule has 0 fully saturated rings. The summed E-state index contributed by atoms with van der Waals surface area (Å²) in [5.74, 6) is 0.602. The summed E-state index contributed by atoms with van der Waals surface area (Å²) < 4.78 is 7.86. The van der Waals surface area contributed by atoms with Gasteiger partial charge in [0.15, 0.2) is 5.75 Å². The molecular formula is C17H25NO2Si. The van der Waals surface area contributed by atoms with Crippen LogP contribution >= 0.6 is 0 Å². The molecule has 0 bridgehead atoms. The average molecular weight is 303 g/mol. The largest absolute Gasteiger partial charge is 0.543 e. The van der Waals surface area contributed by atoms with Gasteiger partial charge in [0.2, 0.25) is 9.04 Å². The van der Waals surface area contributed by atoms with Crippen LogP contribution in [-0.2, 0) is 13.0 Å². The van der Waals surface area contributed by atoms with E-state index in [0.717, 1.165) is 35.7 Å². The molecule has 0 aliphatic carbocycles. The van der Waals surface area contributed by atoms with Crippen molar-refractivity contribution in [1.29, 1.82) is 0 Å². The standard InChI is InChI=1S/C17H25NO2Si/c1-5-7-10-14-13-11-8-9-12-15(13)18(6-2)17(19)16(14)20-21(3)4/h8-9,11-12,21H,5-7,10H2,1-4H3. The lowest BCUT2D eigenvalue weighted by molar-refractivity contribution is 0.547. The molecule has 114 valence electrons. The Morgan fingerprint density at radius 1 is 1.19 bits per heavy atom. The number of rotatable bonds is 6. The first-order chi connectivity index (χ1) is 10.1. The van der Waals surface area contributed by atoms with E-state index in [-0.39, 0.29) is 5.56 Å². The Hall–Kier alpha value is -1.55. The van der Waals surface area contributed by atoms with Gasteiger partial charge in [-0.05, 0) is 38.9 Å². The molecule has 4 heteroatoms. The smallest absolute Gasteiger partial charge is 0.292 e. The van der Waals surface area contributed by atoms with Crippen LogP contribution in [0.4, 0.5) is 0 Å². The maximum atomic E-state index is 12.8. The first kappa shape index (κ1) is 15.8. The molecule has 21 heavy (non-hydrogen) atoms. The minimum absolute atomic E-state index is 0.0310. The maximum absolute atomic E-state index is 12.8. The molecule has 3 nitrogen and oxygen atoms in total. The third-order valence-electron chi connectivity index (χ3n) is 3.68. The zero-order chi connectivity index (χ0) is 15.4. The fourth-order valence-corrected chi connectivity index (χ4v) is 3.43. The molecule has 0 radical (unpaired) electrons. The van der Waals surface area contributed by atoms with Gasteiger partial charge in [-0.1, -0.05) is 31.5 Å². The Balaban J connectivity index is 2.76. The Morgan fingerprint density at radius 2 is 1.90 bits per heavy atom. The van der Waals surface area contributed by atoms with E-state index in [1.807, 2.05) is 29.7 Å². The van der Waals surface area contributed by atoms with Crippen LogP contribution in [-0.4, -0.2) is 13.6 Å². The van der Waals surface area contributed by atoms with Gasteiger partial charge in [0.1, 0.15) is 0 Å². The van der Waals surface area contributed by atoms with Crippen LogP contribution in [0.5, 0.6) is 5.75 Å². The van der Waals surface area contributed by atoms with Crippen LogP contribution in [0.25, 0.3) is 10.9 Å². The summed E-state index contributed by atoms with van der Waals surface area (Å²) in [6, 6.07) is 8.18. The van der Waals surface area contributed by atoms with Gasteiger partial charge in [-0.3, -0.25) is 4.79 Å². The van der Waals surface area contributed by atoms with Crippen LogP contribution in [0.1, 0.15) is 32.3 Å². The Bertz CT molecular complexity index is 676. The van der Waals surface area contributed by atoms with E-state index in [1.165, 1.54) is 0 Å². The third-order valence-corrected chi connectivity index (χ3v) is 4.39. The molecule has 2 aromatic rings. The number of unbranched alkanes of at least 4 members (excludes halogenated alkanes) is 1. The molecule has 0 spiro atoms. The molecular weight excluding hydrogens is 278 g/mol. The van der Waals surface area contributed by atoms with E-state index >= 15 is 0 Å². The van der Waals surface area contributed by atoms with Crippen LogP contribution in [0.2, 0.25) is 13.1 Å². The van der Waals surface area contributed by atoms with Crippen LogP contribution in [0.3, 0.4) is 0 Å². The second kappa shape index (κ2) is 6.94. The highest BCUT2D eigenvalue weighted by Crippen LogP contribution is 2.27. The Kier molecular flexibility index (Phi) is 5.23. The molecule has 0 unspecified atom stereocenters. The fourth-order valence-electron chi connectivity index (χ4n) is 2.72. The van der Waals surface area contributed by atoms with E-state index in [0.29, 0.717) is 12.3 Å². The van der Waals surface area contributed by atoms with Gasteiger partial charge in [0, 0.05) is 17.5 Å². The van der Waals surface area contributed by atoms with E-state index in [9.17, 15) is 4.79 Å². The van der Waals surface area contributed by atoms with Crippen LogP contribution < -0.4 is 9.99 Å². The number of benzene rings is 1. The molecule has 1 aromatic carbocycles. The first-order valence-corrected chi connectivity index (χ1v) is 10.7. The highest BCUT2D eigenvalue weighted by Gasteiger charge is 2.17. The SMILES string of the molecule is CCCCc1c(O[SiH](C)C)c(=O)n(CC)c2ccccc12. The van der Waals surface area contributed by atoms with Crippen molar-refractivity contribution in [3.05, 3.63) is 40.2 Å². The Morgan fingerprint density at radius 3 is 2.52 bits per heavy atom. The quantitative estimate of drug-likeness (QED) is 0.762. The number of para-hydroxylation sites is 1. The number of hydrogen-bond acceptors (Lipinski definition) is 2. The predicted molar refractivity (Wildman–Crippen MR) is 92.0 cm³/mol. The third kappa shape index (κ3) is 3.21.